The molecule has 66 valence electrons. The van der Waals surface area contributed by atoms with E-state index in [2.05, 4.69) is 20.8 Å². The zero-order valence-electron chi connectivity index (χ0n) is 7.66. The Kier molecular flexibility index (Phi) is 2.81. The molecule has 0 aliphatic heterocycles. The maximum absolute atomic E-state index is 9.06. The van der Waals surface area contributed by atoms with Crippen LogP contribution in [0.15, 0.2) is 24.3 Å². The Labute approximate surface area is 80.0 Å². The fraction of sp³-hybridized carbons (Fsp3) is 0.400. The Morgan fingerprint density at radius 1 is 1.08 bits per heavy atom. The number of benzene rings is 1. The van der Waals surface area contributed by atoms with Gasteiger partial charge in [0.25, 0.3) is 0 Å². The Morgan fingerprint density at radius 3 is 2.00 bits per heavy atom. The molecule has 0 amide bonds. The molecule has 0 aliphatic rings. The van der Waals surface area contributed by atoms with Crippen LogP contribution in [0.3, 0.4) is 0 Å². The summed E-state index contributed by atoms with van der Waals surface area (Å²) in [7, 11) is 0. The number of hydrogen-bond acceptors (Lipinski definition) is 1. The molecule has 1 N–H and O–H groups in total. The van der Waals surface area contributed by atoms with Gasteiger partial charge in [0.1, 0.15) is 0 Å². The molecule has 0 aliphatic carbocycles. The van der Waals surface area contributed by atoms with Gasteiger partial charge in [0.15, 0.2) is 0 Å². The zero-order valence-corrected chi connectivity index (χ0v) is 9.38. The fourth-order valence-corrected chi connectivity index (χ4v) is 2.92. The van der Waals surface area contributed by atoms with Gasteiger partial charge in [-0.2, -0.15) is 0 Å². The average molecular weight is 229 g/mol. The first kappa shape index (κ1) is 9.63. The SMILES string of the molecule is CC(C)(C)[Se]c1ccc(O)cc1. The topological polar surface area (TPSA) is 20.2 Å². The number of rotatable bonds is 1. The van der Waals surface area contributed by atoms with Gasteiger partial charge in [0.05, 0.1) is 0 Å². The van der Waals surface area contributed by atoms with E-state index in [0.717, 1.165) is 0 Å². The van der Waals surface area contributed by atoms with Gasteiger partial charge >= 0.3 is 79.6 Å². The second kappa shape index (κ2) is 3.51. The van der Waals surface area contributed by atoms with Gasteiger partial charge in [0, 0.05) is 0 Å². The Hall–Kier alpha value is -0.461. The summed E-state index contributed by atoms with van der Waals surface area (Å²) >= 11 is 0.487. The van der Waals surface area contributed by atoms with Gasteiger partial charge < -0.3 is 0 Å². The normalized spacial score (nSPS) is 11.6. The van der Waals surface area contributed by atoms with Gasteiger partial charge in [-0.1, -0.05) is 0 Å². The summed E-state index contributed by atoms with van der Waals surface area (Å²) in [4.78, 5) is 0. The molecule has 0 radical (unpaired) electrons. The minimum atomic E-state index is 0.350. The third kappa shape index (κ3) is 3.29. The quantitative estimate of drug-likeness (QED) is 0.729. The van der Waals surface area contributed by atoms with Crippen molar-refractivity contribution in [2.24, 2.45) is 0 Å². The second-order valence-corrected chi connectivity index (χ2v) is 7.70. The molecule has 1 rings (SSSR count). The van der Waals surface area contributed by atoms with Crippen LogP contribution in [-0.4, -0.2) is 20.1 Å². The van der Waals surface area contributed by atoms with Crippen molar-refractivity contribution in [2.45, 2.75) is 25.1 Å². The molecule has 0 aromatic heterocycles. The standard InChI is InChI=1S/C10H14OSe/c1-10(2,3)12-9-6-4-8(11)5-7-9/h4-7,11H,1-3H3. The number of hydrogen-bond donors (Lipinski definition) is 1. The molecule has 12 heavy (non-hydrogen) atoms. The van der Waals surface area contributed by atoms with E-state index in [0.29, 0.717) is 25.0 Å². The van der Waals surface area contributed by atoms with Crippen molar-refractivity contribution in [2.75, 3.05) is 0 Å². The molecule has 0 bridgehead atoms. The van der Waals surface area contributed by atoms with Crippen molar-refractivity contribution in [1.82, 2.24) is 0 Å². The van der Waals surface area contributed by atoms with Crippen molar-refractivity contribution in [3.8, 4) is 5.75 Å². The van der Waals surface area contributed by atoms with Crippen LogP contribution in [0.25, 0.3) is 0 Å². The third-order valence-electron chi connectivity index (χ3n) is 1.26. The Balaban J connectivity index is 2.71. The molecule has 0 saturated heterocycles. The molecule has 0 saturated carbocycles. The van der Waals surface area contributed by atoms with E-state index in [1.165, 1.54) is 4.46 Å². The van der Waals surface area contributed by atoms with Crippen LogP contribution in [0.2, 0.25) is 4.31 Å². The van der Waals surface area contributed by atoms with Gasteiger partial charge in [-0.15, -0.1) is 0 Å². The first-order valence-electron chi connectivity index (χ1n) is 3.95. The summed E-state index contributed by atoms with van der Waals surface area (Å²) in [6, 6.07) is 7.51. The summed E-state index contributed by atoms with van der Waals surface area (Å²) in [5.41, 5.74) is 0. The van der Waals surface area contributed by atoms with Crippen LogP contribution in [0.4, 0.5) is 0 Å². The summed E-state index contributed by atoms with van der Waals surface area (Å²) < 4.78 is 1.72. The van der Waals surface area contributed by atoms with E-state index >= 15 is 0 Å². The van der Waals surface area contributed by atoms with Crippen LogP contribution in [0.1, 0.15) is 20.8 Å². The monoisotopic (exact) mass is 230 g/mol. The first-order chi connectivity index (χ1) is 5.47. The average Bonchev–Trinajstić information content (AvgIpc) is 1.91. The molecule has 2 heteroatoms. The molecule has 0 spiro atoms. The second-order valence-electron chi connectivity index (χ2n) is 3.71. The Morgan fingerprint density at radius 2 is 1.58 bits per heavy atom. The van der Waals surface area contributed by atoms with Crippen molar-refractivity contribution in [3.05, 3.63) is 24.3 Å². The zero-order chi connectivity index (χ0) is 9.19. The van der Waals surface area contributed by atoms with Crippen LogP contribution in [0, 0.1) is 0 Å². The van der Waals surface area contributed by atoms with Crippen molar-refractivity contribution in [3.63, 3.8) is 0 Å². The van der Waals surface area contributed by atoms with Gasteiger partial charge in [-0.25, -0.2) is 0 Å². The molecule has 0 atom stereocenters. The predicted octanol–water partition coefficient (Wildman–Crippen LogP) is 1.94. The summed E-state index contributed by atoms with van der Waals surface area (Å²) in [5, 5.41) is 9.06. The van der Waals surface area contributed by atoms with Crippen molar-refractivity contribution in [1.29, 1.82) is 0 Å². The van der Waals surface area contributed by atoms with Gasteiger partial charge in [-0.3, -0.25) is 0 Å². The maximum atomic E-state index is 9.06. The molecule has 0 fully saturated rings. The molecular weight excluding hydrogens is 215 g/mol. The molecule has 1 aromatic carbocycles. The molecule has 0 unspecified atom stereocenters. The fourth-order valence-electron chi connectivity index (χ4n) is 0.868. The molecule has 0 heterocycles. The van der Waals surface area contributed by atoms with Crippen molar-refractivity contribution >= 4 is 19.4 Å². The molecule has 1 nitrogen and oxygen atoms in total. The Bertz CT molecular complexity index is 246. The van der Waals surface area contributed by atoms with Crippen LogP contribution >= 0.6 is 0 Å². The molecule has 1 aromatic rings. The van der Waals surface area contributed by atoms with Gasteiger partial charge in [0.2, 0.25) is 0 Å². The van der Waals surface area contributed by atoms with Crippen molar-refractivity contribution < 1.29 is 5.11 Å². The summed E-state index contributed by atoms with van der Waals surface area (Å²) in [5.74, 6) is 0.350. The first-order valence-corrected chi connectivity index (χ1v) is 5.67. The van der Waals surface area contributed by atoms with E-state index in [-0.39, 0.29) is 0 Å². The number of aromatic hydroxyl groups is 1. The van der Waals surface area contributed by atoms with Crippen LogP contribution in [-0.2, 0) is 0 Å². The van der Waals surface area contributed by atoms with Crippen LogP contribution in [0.5, 0.6) is 5.75 Å². The minimum absolute atomic E-state index is 0.350. The summed E-state index contributed by atoms with van der Waals surface area (Å²) in [6.07, 6.45) is 0. The number of phenols is 1. The molecular formula is C10H14OSe. The van der Waals surface area contributed by atoms with E-state index in [4.69, 9.17) is 5.11 Å². The number of phenolic OH excluding ortho intramolecular Hbond substituents is 1. The van der Waals surface area contributed by atoms with E-state index in [1.54, 1.807) is 12.1 Å². The van der Waals surface area contributed by atoms with Crippen LogP contribution < -0.4 is 4.46 Å². The van der Waals surface area contributed by atoms with Gasteiger partial charge in [-0.05, 0) is 0 Å². The predicted molar refractivity (Wildman–Crippen MR) is 53.2 cm³/mol. The summed E-state index contributed by atoms with van der Waals surface area (Å²) in [6.45, 7) is 6.71. The van der Waals surface area contributed by atoms with E-state index in [1.807, 2.05) is 12.1 Å². The third-order valence-corrected chi connectivity index (χ3v) is 3.61. The van der Waals surface area contributed by atoms with E-state index < -0.39 is 0 Å². The van der Waals surface area contributed by atoms with E-state index in [9.17, 15) is 0 Å².